The van der Waals surface area contributed by atoms with E-state index in [1.54, 1.807) is 20.1 Å². The Hall–Kier alpha value is -0.830. The van der Waals surface area contributed by atoms with E-state index in [0.29, 0.717) is 13.0 Å². The van der Waals surface area contributed by atoms with Crippen molar-refractivity contribution in [1.29, 1.82) is 0 Å². The molecular weight excluding hydrogens is 192 g/mol. The Kier molecular flexibility index (Phi) is 6.25. The molecule has 3 heteroatoms. The zero-order valence-electron chi connectivity index (χ0n) is 10.2. The molecule has 0 aliphatic rings. The van der Waals surface area contributed by atoms with Gasteiger partial charge in [-0.25, -0.2) is 0 Å². The third kappa shape index (κ3) is 3.34. The van der Waals surface area contributed by atoms with Gasteiger partial charge in [-0.3, -0.25) is 4.79 Å². The molecule has 0 saturated heterocycles. The van der Waals surface area contributed by atoms with Gasteiger partial charge in [0.15, 0.2) is 0 Å². The first-order chi connectivity index (χ1) is 7.06. The Balaban J connectivity index is 4.84. The summed E-state index contributed by atoms with van der Waals surface area (Å²) in [4.78, 5) is 11.9. The van der Waals surface area contributed by atoms with Crippen LogP contribution in [-0.2, 0) is 14.3 Å². The number of hydrogen-bond donors (Lipinski definition) is 0. The van der Waals surface area contributed by atoms with Gasteiger partial charge in [-0.2, -0.15) is 0 Å². The van der Waals surface area contributed by atoms with E-state index in [4.69, 9.17) is 9.47 Å². The van der Waals surface area contributed by atoms with Crippen LogP contribution in [0.25, 0.3) is 0 Å². The third-order valence-electron chi connectivity index (χ3n) is 2.68. The van der Waals surface area contributed by atoms with Crippen LogP contribution in [0.1, 0.15) is 33.6 Å². The maximum Gasteiger partial charge on any atom is 0.314 e. The van der Waals surface area contributed by atoms with Gasteiger partial charge < -0.3 is 9.47 Å². The average molecular weight is 214 g/mol. The zero-order valence-corrected chi connectivity index (χ0v) is 10.2. The Bertz CT molecular complexity index is 209. The molecule has 0 fully saturated rings. The minimum absolute atomic E-state index is 0.130. The van der Waals surface area contributed by atoms with E-state index < -0.39 is 5.41 Å². The lowest BCUT2D eigenvalue weighted by atomic mass is 9.79. The number of allylic oxidation sites excluding steroid dienone is 1. The van der Waals surface area contributed by atoms with E-state index in [1.165, 1.54) is 0 Å². The first kappa shape index (κ1) is 14.2. The van der Waals surface area contributed by atoms with Gasteiger partial charge in [0.1, 0.15) is 0 Å². The summed E-state index contributed by atoms with van der Waals surface area (Å²) in [6, 6.07) is 0. The highest BCUT2D eigenvalue weighted by molar-refractivity contribution is 5.77. The predicted molar refractivity (Wildman–Crippen MR) is 60.6 cm³/mol. The van der Waals surface area contributed by atoms with Crippen LogP contribution in [0.2, 0.25) is 0 Å². The van der Waals surface area contributed by atoms with E-state index in [-0.39, 0.29) is 12.1 Å². The molecule has 0 N–H and O–H groups in total. The number of methoxy groups -OCH3 is 1. The largest absolute Gasteiger partial charge is 0.465 e. The Morgan fingerprint density at radius 2 is 2.13 bits per heavy atom. The predicted octanol–water partition coefficient (Wildman–Crippen LogP) is 2.56. The van der Waals surface area contributed by atoms with Gasteiger partial charge in [-0.1, -0.05) is 13.0 Å². The van der Waals surface area contributed by atoms with Crippen molar-refractivity contribution in [2.75, 3.05) is 13.7 Å². The lowest BCUT2D eigenvalue weighted by Gasteiger charge is -2.33. The van der Waals surface area contributed by atoms with Crippen LogP contribution >= 0.6 is 0 Å². The summed E-state index contributed by atoms with van der Waals surface area (Å²) in [6.07, 6.45) is 2.95. The van der Waals surface area contributed by atoms with Crippen molar-refractivity contribution in [2.24, 2.45) is 5.41 Å². The first-order valence-corrected chi connectivity index (χ1v) is 5.37. The fourth-order valence-corrected chi connectivity index (χ4v) is 1.82. The molecule has 0 amide bonds. The van der Waals surface area contributed by atoms with Gasteiger partial charge in [0, 0.05) is 7.11 Å². The highest BCUT2D eigenvalue weighted by Gasteiger charge is 2.41. The summed E-state index contributed by atoms with van der Waals surface area (Å²) in [5.74, 6) is -0.210. The van der Waals surface area contributed by atoms with Crippen molar-refractivity contribution >= 4 is 5.97 Å². The van der Waals surface area contributed by atoms with Crippen LogP contribution in [0.4, 0.5) is 0 Å². The molecule has 3 nitrogen and oxygen atoms in total. The molecule has 0 heterocycles. The monoisotopic (exact) mass is 214 g/mol. The lowest BCUT2D eigenvalue weighted by molar-refractivity contribution is -0.163. The maximum atomic E-state index is 11.9. The summed E-state index contributed by atoms with van der Waals surface area (Å²) in [6.45, 7) is 9.74. The van der Waals surface area contributed by atoms with Crippen LogP contribution < -0.4 is 0 Å². The van der Waals surface area contributed by atoms with Crippen molar-refractivity contribution in [3.8, 4) is 0 Å². The summed E-state index contributed by atoms with van der Waals surface area (Å²) in [7, 11) is 1.62. The second-order valence-electron chi connectivity index (χ2n) is 3.76. The minimum atomic E-state index is -0.624. The molecule has 0 aliphatic heterocycles. The fraction of sp³-hybridized carbons (Fsp3) is 0.750. The molecule has 0 aromatic rings. The van der Waals surface area contributed by atoms with Gasteiger partial charge in [0.2, 0.25) is 0 Å². The standard InChI is InChI=1S/C12H22O3/c1-6-9-12(4,10(7-2)14-5)11(13)15-8-3/h6,10H,1,7-9H2,2-5H3/t10-,12-/m0/s1. The molecule has 0 spiro atoms. The van der Waals surface area contributed by atoms with Crippen molar-refractivity contribution in [1.82, 2.24) is 0 Å². The first-order valence-electron chi connectivity index (χ1n) is 5.37. The number of carbonyl (C=O) groups excluding carboxylic acids is 1. The summed E-state index contributed by atoms with van der Waals surface area (Å²) < 4.78 is 10.4. The highest BCUT2D eigenvalue weighted by Crippen LogP contribution is 2.32. The Morgan fingerprint density at radius 3 is 2.47 bits per heavy atom. The molecule has 15 heavy (non-hydrogen) atoms. The number of hydrogen-bond acceptors (Lipinski definition) is 3. The molecule has 2 atom stereocenters. The van der Waals surface area contributed by atoms with Gasteiger partial charge in [-0.15, -0.1) is 6.58 Å². The Labute approximate surface area is 92.5 Å². The molecule has 88 valence electrons. The van der Waals surface area contributed by atoms with E-state index in [1.807, 2.05) is 13.8 Å². The van der Waals surface area contributed by atoms with Gasteiger partial charge >= 0.3 is 5.97 Å². The maximum absolute atomic E-state index is 11.9. The minimum Gasteiger partial charge on any atom is -0.465 e. The van der Waals surface area contributed by atoms with E-state index >= 15 is 0 Å². The number of esters is 1. The molecular formula is C12H22O3. The normalized spacial score (nSPS) is 16.5. The van der Waals surface area contributed by atoms with Crippen LogP contribution in [0.15, 0.2) is 12.7 Å². The van der Waals surface area contributed by atoms with Crippen LogP contribution in [-0.4, -0.2) is 25.8 Å². The Morgan fingerprint density at radius 1 is 1.53 bits per heavy atom. The van der Waals surface area contributed by atoms with E-state index in [9.17, 15) is 4.79 Å². The third-order valence-corrected chi connectivity index (χ3v) is 2.68. The quantitative estimate of drug-likeness (QED) is 0.482. The number of carbonyl (C=O) groups is 1. The molecule has 0 aromatic heterocycles. The molecule has 0 unspecified atom stereocenters. The van der Waals surface area contributed by atoms with E-state index in [2.05, 4.69) is 6.58 Å². The van der Waals surface area contributed by atoms with Crippen LogP contribution in [0, 0.1) is 5.41 Å². The molecule has 0 aromatic carbocycles. The summed E-state index contributed by atoms with van der Waals surface area (Å²) in [5, 5.41) is 0. The topological polar surface area (TPSA) is 35.5 Å². The van der Waals surface area contributed by atoms with E-state index in [0.717, 1.165) is 6.42 Å². The lowest BCUT2D eigenvalue weighted by Crippen LogP contribution is -2.41. The molecule has 0 saturated carbocycles. The van der Waals surface area contributed by atoms with Gasteiger partial charge in [0.25, 0.3) is 0 Å². The van der Waals surface area contributed by atoms with Crippen LogP contribution in [0.5, 0.6) is 0 Å². The van der Waals surface area contributed by atoms with Crippen molar-refractivity contribution in [3.05, 3.63) is 12.7 Å². The molecule has 0 rings (SSSR count). The molecule has 0 bridgehead atoms. The second kappa shape index (κ2) is 6.62. The van der Waals surface area contributed by atoms with Crippen molar-refractivity contribution < 1.29 is 14.3 Å². The van der Waals surface area contributed by atoms with Gasteiger partial charge in [-0.05, 0) is 26.7 Å². The summed E-state index contributed by atoms with van der Waals surface area (Å²) >= 11 is 0. The molecule has 0 radical (unpaired) electrons. The van der Waals surface area contributed by atoms with Crippen LogP contribution in [0.3, 0.4) is 0 Å². The molecule has 0 aliphatic carbocycles. The average Bonchev–Trinajstić information content (AvgIpc) is 2.20. The zero-order chi connectivity index (χ0) is 11.9. The smallest absolute Gasteiger partial charge is 0.314 e. The number of rotatable bonds is 7. The van der Waals surface area contributed by atoms with Crippen molar-refractivity contribution in [3.63, 3.8) is 0 Å². The number of ether oxygens (including phenoxy) is 2. The fourth-order valence-electron chi connectivity index (χ4n) is 1.82. The van der Waals surface area contributed by atoms with Crippen molar-refractivity contribution in [2.45, 2.75) is 39.7 Å². The second-order valence-corrected chi connectivity index (χ2v) is 3.76. The highest BCUT2D eigenvalue weighted by atomic mass is 16.5. The van der Waals surface area contributed by atoms with Gasteiger partial charge in [0.05, 0.1) is 18.1 Å². The SMILES string of the molecule is C=CC[C@](C)(C(=O)OCC)[C@H](CC)OC. The summed E-state index contributed by atoms with van der Waals surface area (Å²) in [5.41, 5.74) is -0.624.